The van der Waals surface area contributed by atoms with Gasteiger partial charge in [0.25, 0.3) is 0 Å². The minimum absolute atomic E-state index is 0.168. The fourth-order valence-corrected chi connectivity index (χ4v) is 3.42. The number of benzene rings is 1. The van der Waals surface area contributed by atoms with Crippen LogP contribution in [0.2, 0.25) is 0 Å². The number of rotatable bonds is 4. The molecule has 0 bridgehead atoms. The Labute approximate surface area is 114 Å². The van der Waals surface area contributed by atoms with E-state index in [2.05, 4.69) is 25.2 Å². The van der Waals surface area contributed by atoms with Crippen LogP contribution in [0.1, 0.15) is 45.1 Å². The standard InChI is InChI=1S/C15H20N2S/c1-3-18-14-8-6-7-13(12(14)11-16)17-15(2)9-4-5-10-15/h6-8,17H,3-5,9-10H2,1-2H3. The third kappa shape index (κ3) is 2.81. The highest BCUT2D eigenvalue weighted by atomic mass is 32.2. The van der Waals surface area contributed by atoms with Crippen molar-refractivity contribution < 1.29 is 0 Å². The predicted molar refractivity (Wildman–Crippen MR) is 78.1 cm³/mol. The largest absolute Gasteiger partial charge is 0.379 e. The van der Waals surface area contributed by atoms with Gasteiger partial charge in [0.1, 0.15) is 6.07 Å². The highest BCUT2D eigenvalue weighted by Gasteiger charge is 2.29. The molecule has 1 aliphatic carbocycles. The van der Waals surface area contributed by atoms with Crippen molar-refractivity contribution in [2.24, 2.45) is 0 Å². The molecule has 1 saturated carbocycles. The Kier molecular flexibility index (Phi) is 4.19. The van der Waals surface area contributed by atoms with E-state index in [1.54, 1.807) is 11.8 Å². The summed E-state index contributed by atoms with van der Waals surface area (Å²) in [6, 6.07) is 8.46. The zero-order valence-corrected chi connectivity index (χ0v) is 11.9. The molecule has 0 heterocycles. The van der Waals surface area contributed by atoms with Gasteiger partial charge in [-0.25, -0.2) is 0 Å². The molecule has 3 heteroatoms. The van der Waals surface area contributed by atoms with E-state index in [-0.39, 0.29) is 5.54 Å². The van der Waals surface area contributed by atoms with Crippen molar-refractivity contribution in [2.75, 3.05) is 11.1 Å². The van der Waals surface area contributed by atoms with Crippen LogP contribution >= 0.6 is 11.8 Å². The third-order valence-electron chi connectivity index (χ3n) is 3.58. The molecule has 2 rings (SSSR count). The van der Waals surface area contributed by atoms with E-state index in [0.717, 1.165) is 21.9 Å². The van der Waals surface area contributed by atoms with Crippen molar-refractivity contribution in [3.8, 4) is 6.07 Å². The summed E-state index contributed by atoms with van der Waals surface area (Å²) in [6.45, 7) is 4.38. The van der Waals surface area contributed by atoms with Crippen LogP contribution in [-0.4, -0.2) is 11.3 Å². The van der Waals surface area contributed by atoms with Gasteiger partial charge < -0.3 is 5.32 Å². The summed E-state index contributed by atoms with van der Waals surface area (Å²) in [5.41, 5.74) is 1.97. The molecule has 0 aromatic heterocycles. The Morgan fingerprint density at radius 3 is 2.72 bits per heavy atom. The van der Waals surface area contributed by atoms with Crippen LogP contribution in [0.25, 0.3) is 0 Å². The van der Waals surface area contributed by atoms with Crippen LogP contribution in [0, 0.1) is 11.3 Å². The van der Waals surface area contributed by atoms with Gasteiger partial charge in [-0.05, 0) is 37.7 Å². The summed E-state index contributed by atoms with van der Waals surface area (Å²) in [5, 5.41) is 13.0. The molecule has 96 valence electrons. The molecular weight excluding hydrogens is 240 g/mol. The summed E-state index contributed by atoms with van der Waals surface area (Å²) in [6.07, 6.45) is 4.97. The van der Waals surface area contributed by atoms with E-state index >= 15 is 0 Å². The van der Waals surface area contributed by atoms with Crippen LogP contribution < -0.4 is 5.32 Å². The van der Waals surface area contributed by atoms with Crippen LogP contribution in [0.15, 0.2) is 23.1 Å². The zero-order valence-electron chi connectivity index (χ0n) is 11.1. The molecule has 1 aromatic rings. The van der Waals surface area contributed by atoms with Crippen molar-refractivity contribution in [1.29, 1.82) is 5.26 Å². The van der Waals surface area contributed by atoms with Crippen molar-refractivity contribution in [3.05, 3.63) is 23.8 Å². The first-order valence-corrected chi connectivity index (χ1v) is 7.61. The molecule has 1 aliphatic rings. The molecule has 0 atom stereocenters. The first-order valence-electron chi connectivity index (χ1n) is 6.62. The van der Waals surface area contributed by atoms with Gasteiger partial charge in [-0.1, -0.05) is 25.8 Å². The second-order valence-corrected chi connectivity index (χ2v) is 6.42. The summed E-state index contributed by atoms with van der Waals surface area (Å²) < 4.78 is 0. The lowest BCUT2D eigenvalue weighted by Crippen LogP contribution is -2.31. The topological polar surface area (TPSA) is 35.8 Å². The first kappa shape index (κ1) is 13.3. The average molecular weight is 260 g/mol. The fourth-order valence-electron chi connectivity index (χ4n) is 2.63. The van der Waals surface area contributed by atoms with Gasteiger partial charge in [0.05, 0.1) is 11.3 Å². The number of nitrogens with one attached hydrogen (secondary N) is 1. The number of nitrogens with zero attached hydrogens (tertiary/aromatic N) is 1. The molecule has 2 nitrogen and oxygen atoms in total. The maximum Gasteiger partial charge on any atom is 0.102 e. The Morgan fingerprint density at radius 2 is 2.11 bits per heavy atom. The normalized spacial score (nSPS) is 17.4. The fraction of sp³-hybridized carbons (Fsp3) is 0.533. The average Bonchev–Trinajstić information content (AvgIpc) is 2.77. The molecule has 0 radical (unpaired) electrons. The molecular formula is C15H20N2S. The van der Waals surface area contributed by atoms with E-state index in [9.17, 15) is 5.26 Å². The highest BCUT2D eigenvalue weighted by Crippen LogP contribution is 2.35. The Morgan fingerprint density at radius 1 is 1.39 bits per heavy atom. The van der Waals surface area contributed by atoms with E-state index in [1.807, 2.05) is 18.2 Å². The quantitative estimate of drug-likeness (QED) is 0.814. The van der Waals surface area contributed by atoms with E-state index < -0.39 is 0 Å². The summed E-state index contributed by atoms with van der Waals surface area (Å²) in [5.74, 6) is 0.995. The first-order chi connectivity index (χ1) is 8.68. The summed E-state index contributed by atoms with van der Waals surface area (Å²) >= 11 is 1.73. The SMILES string of the molecule is CCSc1cccc(NC2(C)CCCC2)c1C#N. The molecule has 0 amide bonds. The van der Waals surface area contributed by atoms with Crippen LogP contribution in [0.5, 0.6) is 0 Å². The summed E-state index contributed by atoms with van der Waals surface area (Å²) in [4.78, 5) is 1.09. The lowest BCUT2D eigenvalue weighted by Gasteiger charge is -2.27. The second kappa shape index (κ2) is 5.67. The Balaban J connectivity index is 2.27. The van der Waals surface area contributed by atoms with E-state index in [1.165, 1.54) is 25.7 Å². The van der Waals surface area contributed by atoms with E-state index in [4.69, 9.17) is 0 Å². The van der Waals surface area contributed by atoms with Gasteiger partial charge >= 0.3 is 0 Å². The number of thioether (sulfide) groups is 1. The Hall–Kier alpha value is -1.14. The molecule has 0 saturated heterocycles. The maximum atomic E-state index is 9.38. The third-order valence-corrected chi connectivity index (χ3v) is 4.52. The van der Waals surface area contributed by atoms with Crippen molar-refractivity contribution in [1.82, 2.24) is 0 Å². The highest BCUT2D eigenvalue weighted by molar-refractivity contribution is 7.99. The number of nitriles is 1. The molecule has 1 N–H and O–H groups in total. The number of hydrogen-bond donors (Lipinski definition) is 1. The zero-order chi connectivity index (χ0) is 13.0. The monoisotopic (exact) mass is 260 g/mol. The van der Waals surface area contributed by atoms with E-state index in [0.29, 0.717) is 0 Å². The summed E-state index contributed by atoms with van der Waals surface area (Å²) in [7, 11) is 0. The molecule has 1 fully saturated rings. The van der Waals surface area contributed by atoms with Crippen molar-refractivity contribution in [3.63, 3.8) is 0 Å². The lowest BCUT2D eigenvalue weighted by atomic mass is 9.99. The van der Waals surface area contributed by atoms with Gasteiger partial charge in [-0.3, -0.25) is 0 Å². The van der Waals surface area contributed by atoms with Crippen LogP contribution in [0.4, 0.5) is 5.69 Å². The predicted octanol–water partition coefficient (Wildman–Crippen LogP) is 4.41. The lowest BCUT2D eigenvalue weighted by molar-refractivity contribution is 0.533. The number of anilines is 1. The van der Waals surface area contributed by atoms with Gasteiger partial charge in [-0.15, -0.1) is 11.8 Å². The molecule has 0 spiro atoms. The smallest absolute Gasteiger partial charge is 0.102 e. The molecule has 18 heavy (non-hydrogen) atoms. The van der Waals surface area contributed by atoms with Gasteiger partial charge in [0, 0.05) is 10.4 Å². The van der Waals surface area contributed by atoms with Crippen LogP contribution in [-0.2, 0) is 0 Å². The molecule has 1 aromatic carbocycles. The minimum atomic E-state index is 0.168. The van der Waals surface area contributed by atoms with Crippen molar-refractivity contribution in [2.45, 2.75) is 50.0 Å². The van der Waals surface area contributed by atoms with Gasteiger partial charge in [0.2, 0.25) is 0 Å². The van der Waals surface area contributed by atoms with Crippen molar-refractivity contribution >= 4 is 17.4 Å². The minimum Gasteiger partial charge on any atom is -0.379 e. The molecule has 0 unspecified atom stereocenters. The van der Waals surface area contributed by atoms with Gasteiger partial charge in [-0.2, -0.15) is 5.26 Å². The maximum absolute atomic E-state index is 9.38. The second-order valence-electron chi connectivity index (χ2n) is 5.12. The Bertz CT molecular complexity index is 456. The number of hydrogen-bond acceptors (Lipinski definition) is 3. The van der Waals surface area contributed by atoms with Gasteiger partial charge in [0.15, 0.2) is 0 Å². The van der Waals surface area contributed by atoms with Crippen LogP contribution in [0.3, 0.4) is 0 Å². The molecule has 0 aliphatic heterocycles.